The van der Waals surface area contributed by atoms with Gasteiger partial charge >= 0.3 is 0 Å². The van der Waals surface area contributed by atoms with Crippen molar-refractivity contribution in [3.8, 4) is 0 Å². The third-order valence-electron chi connectivity index (χ3n) is 2.28. The van der Waals surface area contributed by atoms with Crippen molar-refractivity contribution in [1.82, 2.24) is 9.78 Å². The van der Waals surface area contributed by atoms with Gasteiger partial charge in [0, 0.05) is 23.0 Å². The first-order valence-corrected chi connectivity index (χ1v) is 5.78. The summed E-state index contributed by atoms with van der Waals surface area (Å²) in [5.74, 6) is 0. The van der Waals surface area contributed by atoms with Crippen LogP contribution in [0, 0.1) is 6.92 Å². The van der Waals surface area contributed by atoms with Gasteiger partial charge < -0.3 is 5.32 Å². The van der Waals surface area contributed by atoms with Crippen LogP contribution in [0.4, 0.5) is 5.69 Å². The molecule has 2 heterocycles. The second kappa shape index (κ2) is 4.06. The lowest BCUT2D eigenvalue weighted by Crippen LogP contribution is -2.03. The second-order valence-electron chi connectivity index (χ2n) is 3.72. The average molecular weight is 221 g/mol. The largest absolute Gasteiger partial charge is 0.375 e. The molecule has 3 nitrogen and oxygen atoms in total. The van der Waals surface area contributed by atoms with Crippen LogP contribution in [0.15, 0.2) is 24.5 Å². The Kier molecular flexibility index (Phi) is 2.77. The Labute approximate surface area is 93.7 Å². The molecule has 0 radical (unpaired) electrons. The summed E-state index contributed by atoms with van der Waals surface area (Å²) in [5.41, 5.74) is 1.07. The number of aromatic nitrogens is 2. The summed E-state index contributed by atoms with van der Waals surface area (Å²) in [5, 5.41) is 7.55. The molecule has 0 amide bonds. The first kappa shape index (κ1) is 10.2. The van der Waals surface area contributed by atoms with E-state index in [1.54, 1.807) is 4.68 Å². The Morgan fingerprint density at radius 2 is 2.27 bits per heavy atom. The van der Waals surface area contributed by atoms with E-state index in [0.717, 1.165) is 5.69 Å². The Bertz CT molecular complexity index is 444. The number of nitrogens with zero attached hydrogens (tertiary/aromatic N) is 2. The maximum absolute atomic E-state index is 4.13. The van der Waals surface area contributed by atoms with E-state index in [1.807, 2.05) is 30.8 Å². The predicted octanol–water partition coefficient (Wildman–Crippen LogP) is 2.96. The highest BCUT2D eigenvalue weighted by molar-refractivity contribution is 7.12. The van der Waals surface area contributed by atoms with Gasteiger partial charge in [-0.25, -0.2) is 0 Å². The maximum Gasteiger partial charge on any atom is 0.0731 e. The highest BCUT2D eigenvalue weighted by atomic mass is 32.1. The molecule has 0 fully saturated rings. The van der Waals surface area contributed by atoms with E-state index in [1.165, 1.54) is 9.75 Å². The average Bonchev–Trinajstić information content (AvgIpc) is 2.75. The Morgan fingerprint density at radius 3 is 2.80 bits per heavy atom. The van der Waals surface area contributed by atoms with E-state index in [-0.39, 0.29) is 0 Å². The molecule has 4 heteroatoms. The molecule has 0 aromatic carbocycles. The van der Waals surface area contributed by atoms with Crippen molar-refractivity contribution in [3.05, 3.63) is 34.3 Å². The molecule has 0 bridgehead atoms. The van der Waals surface area contributed by atoms with E-state index in [9.17, 15) is 0 Å². The van der Waals surface area contributed by atoms with Crippen LogP contribution in [0.3, 0.4) is 0 Å². The quantitative estimate of drug-likeness (QED) is 0.863. The lowest BCUT2D eigenvalue weighted by atomic mass is 10.2. The van der Waals surface area contributed by atoms with Crippen LogP contribution in [0.25, 0.3) is 0 Å². The highest BCUT2D eigenvalue weighted by Gasteiger charge is 2.07. The predicted molar refractivity (Wildman–Crippen MR) is 64.3 cm³/mol. The summed E-state index contributed by atoms with van der Waals surface area (Å²) in [4.78, 5) is 2.71. The molecule has 15 heavy (non-hydrogen) atoms. The number of hydrogen-bond donors (Lipinski definition) is 1. The summed E-state index contributed by atoms with van der Waals surface area (Å²) in [6.45, 7) is 4.29. The molecule has 1 unspecified atom stereocenters. The lowest BCUT2D eigenvalue weighted by molar-refractivity contribution is 0.767. The molecule has 0 spiro atoms. The SMILES string of the molecule is Cc1ccc(C(C)Nc2cnn(C)c2)s1. The molecule has 0 saturated heterocycles. The zero-order valence-electron chi connectivity index (χ0n) is 9.19. The number of hydrogen-bond acceptors (Lipinski definition) is 3. The van der Waals surface area contributed by atoms with Gasteiger partial charge in [-0.05, 0) is 26.0 Å². The molecule has 0 aliphatic carbocycles. The van der Waals surface area contributed by atoms with Gasteiger partial charge in [0.05, 0.1) is 17.9 Å². The molecule has 2 rings (SSSR count). The van der Waals surface area contributed by atoms with E-state index >= 15 is 0 Å². The third-order valence-corrected chi connectivity index (χ3v) is 3.46. The van der Waals surface area contributed by atoms with E-state index in [4.69, 9.17) is 0 Å². The van der Waals surface area contributed by atoms with Crippen LogP contribution in [0.1, 0.15) is 22.7 Å². The van der Waals surface area contributed by atoms with Gasteiger partial charge in [-0.2, -0.15) is 5.10 Å². The van der Waals surface area contributed by atoms with Gasteiger partial charge in [0.2, 0.25) is 0 Å². The summed E-state index contributed by atoms with van der Waals surface area (Å²) in [6.07, 6.45) is 3.83. The Hall–Kier alpha value is -1.29. The van der Waals surface area contributed by atoms with Gasteiger partial charge in [-0.3, -0.25) is 4.68 Å². The van der Waals surface area contributed by atoms with Crippen molar-refractivity contribution < 1.29 is 0 Å². The summed E-state index contributed by atoms with van der Waals surface area (Å²) < 4.78 is 1.80. The third kappa shape index (κ3) is 2.39. The lowest BCUT2D eigenvalue weighted by Gasteiger charge is -2.11. The first-order chi connectivity index (χ1) is 7.15. The highest BCUT2D eigenvalue weighted by Crippen LogP contribution is 2.25. The van der Waals surface area contributed by atoms with E-state index in [2.05, 4.69) is 36.4 Å². The van der Waals surface area contributed by atoms with Crippen LogP contribution >= 0.6 is 11.3 Å². The van der Waals surface area contributed by atoms with Crippen LogP contribution in [0.2, 0.25) is 0 Å². The second-order valence-corrected chi connectivity index (χ2v) is 5.04. The fourth-order valence-corrected chi connectivity index (χ4v) is 2.38. The maximum atomic E-state index is 4.13. The van der Waals surface area contributed by atoms with Gasteiger partial charge in [0.15, 0.2) is 0 Å². The molecule has 80 valence electrons. The van der Waals surface area contributed by atoms with Gasteiger partial charge in [0.1, 0.15) is 0 Å². The van der Waals surface area contributed by atoms with Crippen molar-refractivity contribution in [2.75, 3.05) is 5.32 Å². The van der Waals surface area contributed by atoms with Gasteiger partial charge in [-0.1, -0.05) is 0 Å². The number of nitrogens with one attached hydrogen (secondary N) is 1. The Morgan fingerprint density at radius 1 is 1.47 bits per heavy atom. The molecule has 1 N–H and O–H groups in total. The molecular formula is C11H15N3S. The van der Waals surface area contributed by atoms with Crippen molar-refractivity contribution in [3.63, 3.8) is 0 Å². The van der Waals surface area contributed by atoms with E-state index in [0.29, 0.717) is 6.04 Å². The van der Waals surface area contributed by atoms with Crippen molar-refractivity contribution in [1.29, 1.82) is 0 Å². The Balaban J connectivity index is 2.06. The van der Waals surface area contributed by atoms with E-state index < -0.39 is 0 Å². The molecule has 2 aromatic heterocycles. The summed E-state index contributed by atoms with van der Waals surface area (Å²) >= 11 is 1.83. The zero-order valence-corrected chi connectivity index (χ0v) is 10.0. The van der Waals surface area contributed by atoms with Crippen molar-refractivity contribution >= 4 is 17.0 Å². The number of anilines is 1. The molecule has 0 saturated carbocycles. The minimum atomic E-state index is 0.341. The monoisotopic (exact) mass is 221 g/mol. The van der Waals surface area contributed by atoms with Crippen LogP contribution in [0.5, 0.6) is 0 Å². The van der Waals surface area contributed by atoms with Gasteiger partial charge in [0.25, 0.3) is 0 Å². The summed E-state index contributed by atoms with van der Waals surface area (Å²) in [6, 6.07) is 4.67. The summed E-state index contributed by atoms with van der Waals surface area (Å²) in [7, 11) is 1.92. The minimum absolute atomic E-state index is 0.341. The zero-order chi connectivity index (χ0) is 10.8. The normalized spacial score (nSPS) is 12.7. The fraction of sp³-hybridized carbons (Fsp3) is 0.364. The van der Waals surface area contributed by atoms with Crippen molar-refractivity contribution in [2.24, 2.45) is 7.05 Å². The number of aryl methyl sites for hydroxylation is 2. The molecule has 0 aliphatic rings. The van der Waals surface area contributed by atoms with Gasteiger partial charge in [-0.15, -0.1) is 11.3 Å². The number of thiophene rings is 1. The fourth-order valence-electron chi connectivity index (χ4n) is 1.50. The number of rotatable bonds is 3. The molecule has 1 atom stereocenters. The topological polar surface area (TPSA) is 29.9 Å². The molecule has 2 aromatic rings. The smallest absolute Gasteiger partial charge is 0.0731 e. The van der Waals surface area contributed by atoms with Crippen molar-refractivity contribution in [2.45, 2.75) is 19.9 Å². The first-order valence-electron chi connectivity index (χ1n) is 4.96. The van der Waals surface area contributed by atoms with Crippen LogP contribution in [-0.2, 0) is 7.05 Å². The standard InChI is InChI=1S/C11H15N3S/c1-8-4-5-11(15-8)9(2)13-10-6-12-14(3)7-10/h4-7,9,13H,1-3H3. The molecular weight excluding hydrogens is 206 g/mol. The van der Waals surface area contributed by atoms with Crippen LogP contribution < -0.4 is 5.32 Å². The molecule has 0 aliphatic heterocycles. The van der Waals surface area contributed by atoms with Crippen LogP contribution in [-0.4, -0.2) is 9.78 Å². The minimum Gasteiger partial charge on any atom is -0.375 e.